The summed E-state index contributed by atoms with van der Waals surface area (Å²) in [5.41, 5.74) is 6.59. The van der Waals surface area contributed by atoms with Crippen LogP contribution in [0.3, 0.4) is 0 Å². The molecule has 0 heterocycles. The third kappa shape index (κ3) is 6.84. The van der Waals surface area contributed by atoms with Crippen molar-refractivity contribution in [2.75, 3.05) is 20.8 Å². The van der Waals surface area contributed by atoms with E-state index in [9.17, 15) is 9.59 Å². The van der Waals surface area contributed by atoms with E-state index in [0.717, 1.165) is 12.0 Å². The molecule has 1 unspecified atom stereocenters. The number of amides is 2. The number of rotatable bonds is 9. The molecule has 1 atom stereocenters. The molecule has 0 radical (unpaired) electrons. The molecule has 0 spiro atoms. The van der Waals surface area contributed by atoms with Crippen LogP contribution in [0.5, 0.6) is 17.2 Å². The maximum atomic E-state index is 11.9. The van der Waals surface area contributed by atoms with E-state index in [2.05, 4.69) is 24.7 Å². The summed E-state index contributed by atoms with van der Waals surface area (Å²) in [5, 5.41) is 0. The van der Waals surface area contributed by atoms with Crippen LogP contribution in [0.15, 0.2) is 48.5 Å². The zero-order chi connectivity index (χ0) is 21.9. The molecule has 30 heavy (non-hydrogen) atoms. The van der Waals surface area contributed by atoms with Crippen molar-refractivity contribution in [1.29, 1.82) is 0 Å². The van der Waals surface area contributed by atoms with E-state index in [0.29, 0.717) is 23.2 Å². The fourth-order valence-corrected chi connectivity index (χ4v) is 2.61. The number of ether oxygens (including phenoxy) is 3. The Morgan fingerprint density at radius 1 is 1.00 bits per heavy atom. The number of hydrogen-bond donors (Lipinski definition) is 2. The second-order valence-corrected chi connectivity index (χ2v) is 6.65. The lowest BCUT2D eigenvalue weighted by Gasteiger charge is -2.11. The van der Waals surface area contributed by atoms with Gasteiger partial charge in [-0.05, 0) is 53.8 Å². The van der Waals surface area contributed by atoms with Crippen LogP contribution in [0.1, 0.15) is 37.3 Å². The van der Waals surface area contributed by atoms with Gasteiger partial charge < -0.3 is 14.2 Å². The van der Waals surface area contributed by atoms with Crippen LogP contribution in [-0.4, -0.2) is 32.6 Å². The Hall–Kier alpha value is -3.48. The van der Waals surface area contributed by atoms with Crippen LogP contribution >= 0.6 is 0 Å². The van der Waals surface area contributed by atoms with Gasteiger partial charge in [-0.15, -0.1) is 0 Å². The zero-order valence-electron chi connectivity index (χ0n) is 17.7. The van der Waals surface area contributed by atoms with Gasteiger partial charge in [-0.3, -0.25) is 20.4 Å². The van der Waals surface area contributed by atoms with Crippen molar-refractivity contribution in [3.8, 4) is 17.2 Å². The normalized spacial score (nSPS) is 11.6. The molecule has 0 saturated carbocycles. The van der Waals surface area contributed by atoms with Gasteiger partial charge >= 0.3 is 0 Å². The van der Waals surface area contributed by atoms with Crippen molar-refractivity contribution in [3.63, 3.8) is 0 Å². The summed E-state index contributed by atoms with van der Waals surface area (Å²) in [6.07, 6.45) is 3.96. The first-order valence-corrected chi connectivity index (χ1v) is 9.68. The van der Waals surface area contributed by atoms with Crippen LogP contribution < -0.4 is 25.1 Å². The molecule has 0 aliphatic rings. The molecule has 0 bridgehead atoms. The van der Waals surface area contributed by atoms with E-state index in [4.69, 9.17) is 14.2 Å². The summed E-state index contributed by atoms with van der Waals surface area (Å²) in [6, 6.07) is 12.9. The number of hydrogen-bond acceptors (Lipinski definition) is 5. The van der Waals surface area contributed by atoms with Gasteiger partial charge in [-0.2, -0.15) is 0 Å². The number of carbonyl (C=O) groups excluding carboxylic acids is 2. The average molecular weight is 412 g/mol. The van der Waals surface area contributed by atoms with Crippen molar-refractivity contribution in [3.05, 3.63) is 59.7 Å². The Bertz CT molecular complexity index is 878. The highest BCUT2D eigenvalue weighted by Gasteiger charge is 2.07. The fraction of sp³-hybridized carbons (Fsp3) is 0.304. The second kappa shape index (κ2) is 11.5. The molecule has 160 valence electrons. The molecule has 2 N–H and O–H groups in total. The van der Waals surface area contributed by atoms with Gasteiger partial charge in [0.05, 0.1) is 14.2 Å². The van der Waals surface area contributed by atoms with Gasteiger partial charge in [-0.1, -0.05) is 32.0 Å². The topological polar surface area (TPSA) is 85.9 Å². The molecule has 7 heteroatoms. The van der Waals surface area contributed by atoms with E-state index in [1.54, 1.807) is 31.4 Å². The minimum Gasteiger partial charge on any atom is -0.493 e. The maximum absolute atomic E-state index is 11.9. The first kappa shape index (κ1) is 22.8. The molecule has 0 fully saturated rings. The highest BCUT2D eigenvalue weighted by atomic mass is 16.5. The van der Waals surface area contributed by atoms with Crippen LogP contribution in [0.2, 0.25) is 0 Å². The standard InChI is InChI=1S/C23H28N2O5/c1-5-16(2)18-8-10-19(11-9-18)30-15-23(27)25-24-22(26)13-7-17-6-12-20(28-3)21(14-17)29-4/h6-14,16H,5,15H2,1-4H3,(H,24,26)(H,25,27). The van der Waals surface area contributed by atoms with Crippen molar-refractivity contribution >= 4 is 17.9 Å². The summed E-state index contributed by atoms with van der Waals surface area (Å²) in [4.78, 5) is 23.8. The van der Waals surface area contributed by atoms with Crippen LogP contribution in [-0.2, 0) is 9.59 Å². The third-order valence-electron chi connectivity index (χ3n) is 4.59. The van der Waals surface area contributed by atoms with Gasteiger partial charge in [0.1, 0.15) is 5.75 Å². The van der Waals surface area contributed by atoms with Crippen molar-refractivity contribution < 1.29 is 23.8 Å². The Morgan fingerprint density at radius 3 is 2.33 bits per heavy atom. The van der Waals surface area contributed by atoms with Crippen molar-refractivity contribution in [2.45, 2.75) is 26.2 Å². The first-order chi connectivity index (χ1) is 14.5. The molecule has 0 saturated heterocycles. The molecule has 0 aromatic heterocycles. The SMILES string of the molecule is CCC(C)c1ccc(OCC(=O)NNC(=O)C=Cc2ccc(OC)c(OC)c2)cc1. The zero-order valence-corrected chi connectivity index (χ0v) is 17.7. The van der Waals surface area contributed by atoms with E-state index in [1.165, 1.54) is 18.7 Å². The highest BCUT2D eigenvalue weighted by molar-refractivity contribution is 5.93. The van der Waals surface area contributed by atoms with E-state index >= 15 is 0 Å². The van der Waals surface area contributed by atoms with E-state index < -0.39 is 11.8 Å². The minimum atomic E-state index is -0.476. The number of carbonyl (C=O) groups is 2. The number of hydrazine groups is 1. The Labute approximate surface area is 177 Å². The predicted molar refractivity (Wildman–Crippen MR) is 116 cm³/mol. The molecular weight excluding hydrogens is 384 g/mol. The highest BCUT2D eigenvalue weighted by Crippen LogP contribution is 2.28. The molecule has 2 amide bonds. The Kier molecular flexibility index (Phi) is 8.75. The second-order valence-electron chi connectivity index (χ2n) is 6.65. The fourth-order valence-electron chi connectivity index (χ4n) is 2.61. The summed E-state index contributed by atoms with van der Waals surface area (Å²) in [5.74, 6) is 1.29. The minimum absolute atomic E-state index is 0.206. The summed E-state index contributed by atoms with van der Waals surface area (Å²) in [6.45, 7) is 4.09. The third-order valence-corrected chi connectivity index (χ3v) is 4.59. The molecule has 7 nitrogen and oxygen atoms in total. The van der Waals surface area contributed by atoms with Crippen molar-refractivity contribution in [1.82, 2.24) is 10.9 Å². The number of methoxy groups -OCH3 is 2. The maximum Gasteiger partial charge on any atom is 0.276 e. The van der Waals surface area contributed by atoms with Crippen molar-refractivity contribution in [2.24, 2.45) is 0 Å². The lowest BCUT2D eigenvalue weighted by Crippen LogP contribution is -2.43. The molecular formula is C23H28N2O5. The molecule has 0 aliphatic heterocycles. The van der Waals surface area contributed by atoms with Gasteiger partial charge in [0.2, 0.25) is 0 Å². The Balaban J connectivity index is 1.77. The summed E-state index contributed by atoms with van der Waals surface area (Å²) < 4.78 is 15.8. The molecule has 0 aliphatic carbocycles. The van der Waals surface area contributed by atoms with Gasteiger partial charge in [-0.25, -0.2) is 0 Å². The molecule has 2 aromatic rings. The predicted octanol–water partition coefficient (Wildman–Crippen LogP) is 3.46. The monoisotopic (exact) mass is 412 g/mol. The largest absolute Gasteiger partial charge is 0.493 e. The van der Waals surface area contributed by atoms with Gasteiger partial charge in [0.25, 0.3) is 11.8 Å². The van der Waals surface area contributed by atoms with Crippen LogP contribution in [0.4, 0.5) is 0 Å². The van der Waals surface area contributed by atoms with E-state index in [1.807, 2.05) is 24.3 Å². The Morgan fingerprint density at radius 2 is 1.70 bits per heavy atom. The average Bonchev–Trinajstić information content (AvgIpc) is 2.79. The van der Waals surface area contributed by atoms with E-state index in [-0.39, 0.29) is 6.61 Å². The van der Waals surface area contributed by atoms with Gasteiger partial charge in [0, 0.05) is 6.08 Å². The van der Waals surface area contributed by atoms with Gasteiger partial charge in [0.15, 0.2) is 18.1 Å². The quantitative estimate of drug-likeness (QED) is 0.487. The van der Waals surface area contributed by atoms with Crippen LogP contribution in [0, 0.1) is 0 Å². The summed E-state index contributed by atoms with van der Waals surface area (Å²) in [7, 11) is 3.09. The lowest BCUT2D eigenvalue weighted by molar-refractivity contribution is -0.128. The van der Waals surface area contributed by atoms with Crippen LogP contribution in [0.25, 0.3) is 6.08 Å². The summed E-state index contributed by atoms with van der Waals surface area (Å²) >= 11 is 0. The number of benzene rings is 2. The molecule has 2 aromatic carbocycles. The molecule has 2 rings (SSSR count). The first-order valence-electron chi connectivity index (χ1n) is 9.68. The smallest absolute Gasteiger partial charge is 0.276 e. The lowest BCUT2D eigenvalue weighted by atomic mass is 9.99. The number of nitrogens with one attached hydrogen (secondary N) is 2.